The number of hydrogen-bond acceptors (Lipinski definition) is 25. The molecule has 0 radical (unpaired) electrons. The number of carbonyl (C=O) groups is 13. The Balaban J connectivity index is 0.691. The molecule has 11 amide bonds. The van der Waals surface area contributed by atoms with Crippen LogP contribution in [-0.4, -0.2) is 283 Å². The first-order valence-electron chi connectivity index (χ1n) is 47.1. The number of hydrogen-bond donors (Lipinski definition) is 5. The van der Waals surface area contributed by atoms with Crippen LogP contribution in [0.4, 0.5) is 21.0 Å². The van der Waals surface area contributed by atoms with Crippen molar-refractivity contribution < 1.29 is 110 Å². The maximum absolute atomic E-state index is 15.0. The molecular formula is C101H138N10O23S2. The number of likely N-dealkylation sites (N-methyl/N-ethyl adjacent to an activating group) is 2. The fourth-order valence-corrected chi connectivity index (χ4v) is 19.4. The number of urea groups is 1. The largest absolute Gasteiger partial charge is 0.491 e. The summed E-state index contributed by atoms with van der Waals surface area (Å²) in [5, 5.41) is 19.2. The molecule has 4 aliphatic heterocycles. The number of imide groups is 1. The molecule has 5 aromatic carbocycles. The second-order valence-corrected chi connectivity index (χ2v) is 38.2. The minimum absolute atomic E-state index is 0.0393. The van der Waals surface area contributed by atoms with E-state index in [1.807, 2.05) is 71.9 Å². The predicted octanol–water partition coefficient (Wildman–Crippen LogP) is 11.6. The van der Waals surface area contributed by atoms with E-state index in [1.54, 1.807) is 159 Å². The number of likely N-dealkylation sites (tertiary alicyclic amines) is 1. The van der Waals surface area contributed by atoms with Crippen molar-refractivity contribution in [2.75, 3.05) is 150 Å². The average Bonchev–Trinajstić information content (AvgIpc) is 1.62. The molecule has 3 fully saturated rings. The van der Waals surface area contributed by atoms with Gasteiger partial charge in [-0.15, -0.1) is 0 Å². The Morgan fingerprint density at radius 3 is 1.68 bits per heavy atom. The quantitative estimate of drug-likeness (QED) is 0.0178. The van der Waals surface area contributed by atoms with Crippen LogP contribution in [0.3, 0.4) is 0 Å². The number of methoxy groups -OCH3 is 2. The number of morpholine rings is 2. The Morgan fingerprint density at radius 2 is 1.15 bits per heavy atom. The summed E-state index contributed by atoms with van der Waals surface area (Å²) in [6, 6.07) is 32.3. The standard InChI is InChI=1S/C101H138N10O23S2/c1-15-66(8)89(84(126-13)60-86(116)110-42-20-24-80(110)91(127-14)68(10)81(112)57-67(9)90(117)70-21-17-16-18-22-70)106(11)97(121)79(63(2)3)59-83(114)88(65(6)7)107(12)101(125)134-61-69-25-31-74(32-26-69)104-94(118)73(23-19-41-103-100(102)124)58-82(113)87(64(4)5)105-85(115)62-132-54-53-130-51-52-131-55-56-133-76-35-33-75(34-36-76)111-98(122)92(135-77-37-27-71(28-38-77)95(119)108-43-47-128-48-44-108)93(99(111)123)136-78-39-29-72(30-40-78)96(120)109-45-49-129-50-46-109/h16-18,21-22,25-40,63-68,73,79-80,84,87-91,117H,15,19-20,23-24,41-62H2,1-14H3,(H,104,118)(H,105,115)(H3,102,103,124)/t66?,67-,68-,73+,79-,80-,84+,87-,88-,89-,90+,91+/m0/s1. The number of primary amides is 1. The highest BCUT2D eigenvalue weighted by Gasteiger charge is 2.46. The number of aliphatic hydroxyl groups is 1. The van der Waals surface area contributed by atoms with E-state index in [9.17, 15) is 67.4 Å². The molecule has 4 aliphatic rings. The summed E-state index contributed by atoms with van der Waals surface area (Å²) >= 11 is 2.25. The van der Waals surface area contributed by atoms with Crippen LogP contribution in [0, 0.1) is 47.3 Å². The fourth-order valence-electron chi connectivity index (χ4n) is 17.4. The SMILES string of the molecule is CCC(C)[C@@H]([C@@H](CC(=O)N1CCC[C@H]1[C@H](OC)[C@@H](C)C(=O)C[C@H](C)[C@@H](O)c1ccccc1)OC)N(C)C(=O)[C@@H](CC(=O)[C@H](C(C)C)N(C)C(=O)OCc1ccc(NC(=O)[C@H](CCCNC(N)=O)CC(=O)[C@@H](NC(=O)COCCOCCOCCOc2ccc(N3C(=O)C(Sc4ccc(C(=O)N5CCOCC5)cc4)=C(Sc4ccc(C(=O)N5CCOCC5)cc4)C3=O)cc2)C(C)C)cc1)C(C)C. The Bertz CT molecular complexity index is 4730. The number of aliphatic hydroxyl groups excluding tert-OH is 1. The number of ether oxygens (including phenoxy) is 9. The number of nitrogens with one attached hydrogen (secondary N) is 3. The lowest BCUT2D eigenvalue weighted by atomic mass is 9.83. The molecule has 0 spiro atoms. The first-order chi connectivity index (χ1) is 65.1. The zero-order valence-electron chi connectivity index (χ0n) is 80.9. The maximum Gasteiger partial charge on any atom is 0.410 e. The number of nitrogens with two attached hydrogens (primary N) is 1. The van der Waals surface area contributed by atoms with Crippen LogP contribution in [0.1, 0.15) is 165 Å². The van der Waals surface area contributed by atoms with E-state index in [4.69, 9.17) is 48.4 Å². The monoisotopic (exact) mass is 1920 g/mol. The first kappa shape index (κ1) is 109. The lowest BCUT2D eigenvalue weighted by Crippen LogP contribution is -2.54. The van der Waals surface area contributed by atoms with Crippen LogP contribution in [0.5, 0.6) is 5.75 Å². The van der Waals surface area contributed by atoms with Crippen LogP contribution in [0.15, 0.2) is 147 Å². The second-order valence-electron chi connectivity index (χ2n) is 36.0. The minimum Gasteiger partial charge on any atom is -0.491 e. The van der Waals surface area contributed by atoms with Crippen molar-refractivity contribution in [3.05, 3.63) is 159 Å². The summed E-state index contributed by atoms with van der Waals surface area (Å²) in [5.74, 6) is -7.24. The van der Waals surface area contributed by atoms with Crippen LogP contribution in [0.2, 0.25) is 0 Å². The molecule has 3 saturated heterocycles. The van der Waals surface area contributed by atoms with Gasteiger partial charge in [0.1, 0.15) is 31.4 Å². The van der Waals surface area contributed by atoms with E-state index in [1.165, 1.54) is 19.1 Å². The molecule has 4 heterocycles. The van der Waals surface area contributed by atoms with Gasteiger partial charge in [0.2, 0.25) is 23.6 Å². The molecule has 5 aromatic rings. The summed E-state index contributed by atoms with van der Waals surface area (Å²) < 4.78 is 51.7. The van der Waals surface area contributed by atoms with Gasteiger partial charge in [0.05, 0.1) is 124 Å². The highest BCUT2D eigenvalue weighted by molar-refractivity contribution is 8.08. The van der Waals surface area contributed by atoms with Crippen molar-refractivity contribution in [2.45, 2.75) is 186 Å². The number of anilines is 2. The van der Waals surface area contributed by atoms with Gasteiger partial charge < -0.3 is 93.9 Å². The molecular weight excluding hydrogens is 1790 g/mol. The second kappa shape index (κ2) is 54.6. The van der Waals surface area contributed by atoms with Crippen molar-refractivity contribution in [1.82, 2.24) is 35.1 Å². The molecule has 136 heavy (non-hydrogen) atoms. The van der Waals surface area contributed by atoms with E-state index in [-0.39, 0.29) is 160 Å². The van der Waals surface area contributed by atoms with E-state index >= 15 is 0 Å². The zero-order chi connectivity index (χ0) is 98.8. The number of nitrogens with zero attached hydrogens (tertiary/aromatic N) is 6. The topological polar surface area (TPSA) is 407 Å². The maximum atomic E-state index is 15.0. The molecule has 742 valence electrons. The van der Waals surface area contributed by atoms with Gasteiger partial charge in [-0.25, -0.2) is 14.5 Å². The van der Waals surface area contributed by atoms with Gasteiger partial charge in [0.15, 0.2) is 11.6 Å². The predicted molar refractivity (Wildman–Crippen MR) is 515 cm³/mol. The van der Waals surface area contributed by atoms with Gasteiger partial charge in [-0.3, -0.25) is 52.7 Å². The van der Waals surface area contributed by atoms with Crippen molar-refractivity contribution in [3.8, 4) is 5.75 Å². The minimum atomic E-state index is -0.994. The first-order valence-corrected chi connectivity index (χ1v) is 48.7. The van der Waals surface area contributed by atoms with Crippen LogP contribution >= 0.6 is 23.5 Å². The lowest BCUT2D eigenvalue weighted by molar-refractivity contribution is -0.149. The highest BCUT2D eigenvalue weighted by Crippen LogP contribution is 2.45. The number of Topliss-reactive ketones (excluding diaryl/α,β-unsaturated/α-hetero) is 3. The third-order valence-electron chi connectivity index (χ3n) is 25.3. The summed E-state index contributed by atoms with van der Waals surface area (Å²) in [7, 11) is 6.22. The molecule has 0 saturated carbocycles. The number of thioether (sulfide) groups is 2. The Hall–Kier alpha value is -10.5. The van der Waals surface area contributed by atoms with Crippen molar-refractivity contribution in [2.24, 2.45) is 53.1 Å². The average molecular weight is 1920 g/mol. The van der Waals surface area contributed by atoms with Crippen LogP contribution in [0.25, 0.3) is 0 Å². The summed E-state index contributed by atoms with van der Waals surface area (Å²) in [6.07, 6.45) is -1.02. The molecule has 1 unspecified atom stereocenters. The Morgan fingerprint density at radius 1 is 0.596 bits per heavy atom. The van der Waals surface area contributed by atoms with Gasteiger partial charge in [0.25, 0.3) is 23.6 Å². The van der Waals surface area contributed by atoms with Gasteiger partial charge in [-0.2, -0.15) is 0 Å². The van der Waals surface area contributed by atoms with E-state index in [0.717, 1.165) is 34.0 Å². The molecule has 35 heteroatoms. The van der Waals surface area contributed by atoms with E-state index in [0.29, 0.717) is 122 Å². The summed E-state index contributed by atoms with van der Waals surface area (Å²) in [6.45, 7) is 23.2. The number of rotatable bonds is 54. The summed E-state index contributed by atoms with van der Waals surface area (Å²) in [4.78, 5) is 191. The van der Waals surface area contributed by atoms with Gasteiger partial charge in [-0.05, 0) is 151 Å². The number of carbonyl (C=O) groups excluding carboxylic acids is 13. The molecule has 9 rings (SSSR count). The van der Waals surface area contributed by atoms with Gasteiger partial charge in [-0.1, -0.05) is 142 Å². The van der Waals surface area contributed by atoms with Gasteiger partial charge in [0, 0.05) is 131 Å². The number of amides is 11. The highest BCUT2D eigenvalue weighted by atomic mass is 32.2. The van der Waals surface area contributed by atoms with Crippen LogP contribution < -0.4 is 31.3 Å². The molecule has 33 nitrogen and oxygen atoms in total. The Labute approximate surface area is 807 Å². The zero-order valence-corrected chi connectivity index (χ0v) is 82.5. The smallest absolute Gasteiger partial charge is 0.410 e. The fraction of sp³-hybridized carbons (Fsp3) is 0.554. The van der Waals surface area contributed by atoms with Crippen LogP contribution in [-0.2, 0) is 87.7 Å². The molecule has 12 atom stereocenters. The number of ketones is 3. The van der Waals surface area contributed by atoms with E-state index in [2.05, 4.69) is 16.0 Å². The third-order valence-corrected chi connectivity index (χ3v) is 27.6. The Kier molecular flexibility index (Phi) is 43.8. The summed E-state index contributed by atoms with van der Waals surface area (Å²) in [5.41, 5.74) is 8.24. The molecule has 0 aliphatic carbocycles. The normalized spacial score (nSPS) is 17.2. The van der Waals surface area contributed by atoms with E-state index < -0.39 is 114 Å². The molecule has 0 bridgehead atoms. The van der Waals surface area contributed by atoms with Gasteiger partial charge >= 0.3 is 12.1 Å². The third kappa shape index (κ3) is 31.3. The number of benzene rings is 5. The van der Waals surface area contributed by atoms with Crippen molar-refractivity contribution >= 4 is 112 Å². The van der Waals surface area contributed by atoms with Crippen molar-refractivity contribution in [3.63, 3.8) is 0 Å². The molecule has 6 N–H and O–H groups in total. The van der Waals surface area contributed by atoms with Crippen molar-refractivity contribution in [1.29, 1.82) is 0 Å². The lowest BCUT2D eigenvalue weighted by Gasteiger charge is -2.41. The molecule has 0 aromatic heterocycles.